The van der Waals surface area contributed by atoms with E-state index in [2.05, 4.69) is 15.6 Å². The third-order valence-electron chi connectivity index (χ3n) is 6.68. The van der Waals surface area contributed by atoms with Crippen LogP contribution in [0.5, 0.6) is 0 Å². The van der Waals surface area contributed by atoms with Crippen molar-refractivity contribution in [3.05, 3.63) is 102 Å². The Balaban J connectivity index is 1.29. The summed E-state index contributed by atoms with van der Waals surface area (Å²) in [5.41, 5.74) is 1.36. The highest BCUT2D eigenvalue weighted by Crippen LogP contribution is 2.35. The number of sulfonamides is 1. The van der Waals surface area contributed by atoms with Crippen molar-refractivity contribution in [1.82, 2.24) is 4.98 Å². The molecule has 218 valence electrons. The number of rotatable bonds is 8. The SMILES string of the molecule is NS(=O)(=O)c1ccccc1-c1ccc(NC(=O)O[C@H]2CCCN2c2c(F)c(F)nc(NCc3ccccc3)c2F)cc1. The molecule has 0 unspecified atom stereocenters. The van der Waals surface area contributed by atoms with Crippen molar-refractivity contribution in [1.29, 1.82) is 0 Å². The van der Waals surface area contributed by atoms with E-state index in [0.717, 1.165) is 10.5 Å². The standard InChI is InChI=1S/C29H26F3N5O4S/c30-24-26(25(31)28(36-27(24)32)34-17-18-7-2-1-3-8-18)37-16-6-11-23(37)41-29(38)35-20-14-12-19(13-15-20)21-9-4-5-10-22(21)42(33,39)40/h1-5,7-10,12-15,23H,6,11,16-17H2,(H,34,36)(H,35,38)(H2,33,39,40)/t23-/m0/s1. The molecule has 9 nitrogen and oxygen atoms in total. The van der Waals surface area contributed by atoms with E-state index >= 15 is 4.39 Å². The second-order valence-corrected chi connectivity index (χ2v) is 11.0. The van der Waals surface area contributed by atoms with Crippen LogP contribution in [-0.4, -0.2) is 32.3 Å². The Kier molecular flexibility index (Phi) is 8.31. The second kappa shape index (κ2) is 12.1. The summed E-state index contributed by atoms with van der Waals surface area (Å²) in [7, 11) is -3.96. The smallest absolute Gasteiger partial charge is 0.413 e. The third kappa shape index (κ3) is 6.31. The number of hydrogen-bond donors (Lipinski definition) is 3. The molecule has 0 bridgehead atoms. The van der Waals surface area contributed by atoms with Gasteiger partial charge in [-0.2, -0.15) is 13.8 Å². The van der Waals surface area contributed by atoms with Gasteiger partial charge in [-0.1, -0.05) is 60.7 Å². The van der Waals surface area contributed by atoms with Crippen molar-refractivity contribution in [2.75, 3.05) is 22.1 Å². The maximum Gasteiger partial charge on any atom is 0.413 e. The number of nitrogens with zero attached hydrogens (tertiary/aromatic N) is 2. The number of hydrogen-bond acceptors (Lipinski definition) is 7. The molecule has 1 saturated heterocycles. The van der Waals surface area contributed by atoms with Crippen LogP contribution in [0.25, 0.3) is 11.1 Å². The molecule has 1 aliphatic rings. The highest BCUT2D eigenvalue weighted by Gasteiger charge is 2.35. The van der Waals surface area contributed by atoms with Gasteiger partial charge >= 0.3 is 6.09 Å². The number of amides is 1. The first-order valence-electron chi connectivity index (χ1n) is 12.9. The number of pyridine rings is 1. The van der Waals surface area contributed by atoms with Crippen molar-refractivity contribution >= 4 is 33.3 Å². The lowest BCUT2D eigenvalue weighted by Crippen LogP contribution is -2.36. The van der Waals surface area contributed by atoms with Crippen LogP contribution in [0, 0.1) is 17.6 Å². The topological polar surface area (TPSA) is 127 Å². The van der Waals surface area contributed by atoms with Gasteiger partial charge in [0, 0.05) is 30.8 Å². The van der Waals surface area contributed by atoms with E-state index in [1.165, 1.54) is 18.2 Å². The summed E-state index contributed by atoms with van der Waals surface area (Å²) in [5, 5.41) is 10.6. The minimum absolute atomic E-state index is 0.0446. The fourth-order valence-corrected chi connectivity index (χ4v) is 5.49. The average Bonchev–Trinajstić information content (AvgIpc) is 3.42. The number of primary sulfonamides is 1. The van der Waals surface area contributed by atoms with Crippen molar-refractivity contribution in [2.45, 2.75) is 30.5 Å². The van der Waals surface area contributed by atoms with Gasteiger partial charge in [0.15, 0.2) is 17.9 Å². The van der Waals surface area contributed by atoms with Crippen LogP contribution in [0.2, 0.25) is 0 Å². The highest BCUT2D eigenvalue weighted by molar-refractivity contribution is 7.89. The number of halogens is 3. The molecule has 5 rings (SSSR count). The average molecular weight is 598 g/mol. The van der Waals surface area contributed by atoms with Gasteiger partial charge in [0.2, 0.25) is 15.8 Å². The van der Waals surface area contributed by atoms with Gasteiger partial charge in [0.1, 0.15) is 5.69 Å². The van der Waals surface area contributed by atoms with Crippen LogP contribution < -0.4 is 20.7 Å². The Morgan fingerprint density at radius 3 is 2.38 bits per heavy atom. The zero-order valence-corrected chi connectivity index (χ0v) is 22.9. The van der Waals surface area contributed by atoms with Crippen LogP contribution in [0.15, 0.2) is 83.8 Å². The molecule has 3 aromatic carbocycles. The number of nitrogens with one attached hydrogen (secondary N) is 2. The van der Waals surface area contributed by atoms with Gasteiger partial charge in [-0.15, -0.1) is 0 Å². The molecule has 1 aliphatic heterocycles. The monoisotopic (exact) mass is 597 g/mol. The number of anilines is 3. The molecule has 4 aromatic rings. The predicted octanol–water partition coefficient (Wildman–Crippen LogP) is 5.60. The molecule has 0 radical (unpaired) electrons. The molecule has 0 aliphatic carbocycles. The molecule has 1 fully saturated rings. The largest absolute Gasteiger partial charge is 0.425 e. The fraction of sp³-hybridized carbons (Fsp3) is 0.172. The maximum atomic E-state index is 15.4. The Labute approximate surface area is 240 Å². The lowest BCUT2D eigenvalue weighted by molar-refractivity contribution is 0.115. The number of nitrogens with two attached hydrogens (primary N) is 1. The van der Waals surface area contributed by atoms with E-state index in [4.69, 9.17) is 9.88 Å². The molecule has 0 saturated carbocycles. The van der Waals surface area contributed by atoms with E-state index in [-0.39, 0.29) is 24.4 Å². The summed E-state index contributed by atoms with van der Waals surface area (Å²) in [6.45, 7) is 0.246. The Morgan fingerprint density at radius 1 is 0.976 bits per heavy atom. The lowest BCUT2D eigenvalue weighted by Gasteiger charge is -2.27. The summed E-state index contributed by atoms with van der Waals surface area (Å²) in [6.07, 6.45) is -1.28. The molecular formula is C29H26F3N5O4S. The van der Waals surface area contributed by atoms with Crippen LogP contribution in [0.3, 0.4) is 0 Å². The van der Waals surface area contributed by atoms with Crippen molar-refractivity contribution in [2.24, 2.45) is 5.14 Å². The molecule has 1 aromatic heterocycles. The van der Waals surface area contributed by atoms with E-state index < -0.39 is 51.4 Å². The normalized spacial score (nSPS) is 15.0. The summed E-state index contributed by atoms with van der Waals surface area (Å²) in [4.78, 5) is 17.2. The number of ether oxygens (including phenoxy) is 1. The Bertz CT molecular complexity index is 1710. The van der Waals surface area contributed by atoms with Crippen molar-refractivity contribution < 1.29 is 31.1 Å². The molecule has 4 N–H and O–H groups in total. The molecule has 13 heteroatoms. The zero-order valence-electron chi connectivity index (χ0n) is 22.1. The fourth-order valence-electron chi connectivity index (χ4n) is 4.73. The first kappa shape index (κ1) is 28.9. The van der Waals surface area contributed by atoms with Crippen molar-refractivity contribution in [3.63, 3.8) is 0 Å². The summed E-state index contributed by atoms with van der Waals surface area (Å²) in [6, 6.07) is 21.4. The Hall–Kier alpha value is -4.62. The third-order valence-corrected chi connectivity index (χ3v) is 7.65. The first-order valence-corrected chi connectivity index (χ1v) is 14.5. The molecule has 2 heterocycles. The first-order chi connectivity index (χ1) is 20.1. The van der Waals surface area contributed by atoms with Gasteiger partial charge in [0.25, 0.3) is 5.95 Å². The number of carbonyl (C=O) groups is 1. The molecular weight excluding hydrogens is 571 g/mol. The van der Waals surface area contributed by atoms with Crippen LogP contribution in [-0.2, 0) is 21.3 Å². The van der Waals surface area contributed by atoms with Crippen LogP contribution >= 0.6 is 0 Å². The molecule has 1 amide bonds. The lowest BCUT2D eigenvalue weighted by atomic mass is 10.1. The van der Waals surface area contributed by atoms with Gasteiger partial charge in [-0.3, -0.25) is 5.32 Å². The number of benzene rings is 3. The zero-order chi connectivity index (χ0) is 29.9. The highest BCUT2D eigenvalue weighted by atomic mass is 32.2. The summed E-state index contributed by atoms with van der Waals surface area (Å²) in [5.74, 6) is -4.53. The second-order valence-electron chi connectivity index (χ2n) is 9.51. The van der Waals surface area contributed by atoms with E-state index in [1.54, 1.807) is 54.6 Å². The van der Waals surface area contributed by atoms with E-state index in [9.17, 15) is 22.0 Å². The van der Waals surface area contributed by atoms with Gasteiger partial charge < -0.3 is 15.0 Å². The minimum Gasteiger partial charge on any atom is -0.425 e. The molecule has 0 spiro atoms. The van der Waals surface area contributed by atoms with Crippen LogP contribution in [0.1, 0.15) is 18.4 Å². The van der Waals surface area contributed by atoms with Gasteiger partial charge in [-0.05, 0) is 35.7 Å². The number of aromatic nitrogens is 1. The summed E-state index contributed by atoms with van der Waals surface area (Å²) >= 11 is 0. The Morgan fingerprint density at radius 2 is 1.67 bits per heavy atom. The maximum absolute atomic E-state index is 15.4. The van der Waals surface area contributed by atoms with Gasteiger partial charge in [0.05, 0.1) is 4.90 Å². The summed E-state index contributed by atoms with van der Waals surface area (Å²) < 4.78 is 74.0. The van der Waals surface area contributed by atoms with E-state index in [0.29, 0.717) is 23.2 Å². The minimum atomic E-state index is -3.96. The molecule has 42 heavy (non-hydrogen) atoms. The van der Waals surface area contributed by atoms with Crippen molar-refractivity contribution in [3.8, 4) is 11.1 Å². The van der Waals surface area contributed by atoms with Crippen LogP contribution in [0.4, 0.5) is 35.2 Å². The van der Waals surface area contributed by atoms with E-state index in [1.807, 2.05) is 6.07 Å². The quantitative estimate of drug-likeness (QED) is 0.226. The molecule has 1 atom stereocenters. The number of carbonyl (C=O) groups excluding carboxylic acids is 1. The van der Waals surface area contributed by atoms with Gasteiger partial charge in [-0.25, -0.2) is 22.7 Å². The predicted molar refractivity (Wildman–Crippen MR) is 152 cm³/mol.